The number of thiol groups is 1. The molecule has 0 radical (unpaired) electrons. The Bertz CT molecular complexity index is 130. The predicted molar refractivity (Wildman–Crippen MR) is 57.9 cm³/mol. The molecule has 0 unspecified atom stereocenters. The fraction of sp³-hybridized carbons (Fsp3) is 1.00. The Morgan fingerprint density at radius 1 is 1.33 bits per heavy atom. The summed E-state index contributed by atoms with van der Waals surface area (Å²) in [4.78, 5) is 2.42. The van der Waals surface area contributed by atoms with Gasteiger partial charge in [0.1, 0.15) is 0 Å². The van der Waals surface area contributed by atoms with Gasteiger partial charge in [0, 0.05) is 6.54 Å². The molecule has 1 saturated carbocycles. The van der Waals surface area contributed by atoms with Crippen molar-refractivity contribution >= 4 is 12.6 Å². The second-order valence-corrected chi connectivity index (χ2v) is 4.51. The Morgan fingerprint density at radius 3 is 2.33 bits per heavy atom. The van der Waals surface area contributed by atoms with Gasteiger partial charge in [0.15, 0.2) is 0 Å². The molecule has 2 heteroatoms. The fourth-order valence-electron chi connectivity index (χ4n) is 2.18. The number of hydrogen-bond acceptors (Lipinski definition) is 2. The lowest BCUT2D eigenvalue weighted by Gasteiger charge is -2.31. The summed E-state index contributed by atoms with van der Waals surface area (Å²) < 4.78 is 0. The molecular formula is C10H21NS. The van der Waals surface area contributed by atoms with E-state index < -0.39 is 0 Å². The Kier molecular flexibility index (Phi) is 3.91. The van der Waals surface area contributed by atoms with E-state index in [1.54, 1.807) is 0 Å². The first-order valence-electron chi connectivity index (χ1n) is 5.02. The van der Waals surface area contributed by atoms with Gasteiger partial charge >= 0.3 is 0 Å². The number of rotatable bonds is 4. The van der Waals surface area contributed by atoms with E-state index in [-0.39, 0.29) is 0 Å². The van der Waals surface area contributed by atoms with Crippen molar-refractivity contribution in [1.82, 2.24) is 4.90 Å². The highest BCUT2D eigenvalue weighted by molar-refractivity contribution is 7.80. The van der Waals surface area contributed by atoms with Crippen LogP contribution in [0.2, 0.25) is 0 Å². The van der Waals surface area contributed by atoms with E-state index >= 15 is 0 Å². The van der Waals surface area contributed by atoms with Crippen molar-refractivity contribution in [3.63, 3.8) is 0 Å². The molecule has 0 saturated heterocycles. The van der Waals surface area contributed by atoms with E-state index in [0.29, 0.717) is 5.41 Å². The summed E-state index contributed by atoms with van der Waals surface area (Å²) in [6.45, 7) is 4.63. The van der Waals surface area contributed by atoms with Gasteiger partial charge in [-0.15, -0.1) is 0 Å². The number of nitrogens with zero attached hydrogens (tertiary/aromatic N) is 1. The molecular weight excluding hydrogens is 166 g/mol. The molecule has 1 nitrogen and oxygen atoms in total. The SMILES string of the molecule is CCN(C)CC1(CS)CCCC1. The van der Waals surface area contributed by atoms with Crippen LogP contribution in [0.1, 0.15) is 32.6 Å². The third-order valence-corrected chi connectivity index (χ3v) is 3.82. The summed E-state index contributed by atoms with van der Waals surface area (Å²) >= 11 is 4.49. The highest BCUT2D eigenvalue weighted by Crippen LogP contribution is 2.39. The molecule has 1 aliphatic carbocycles. The van der Waals surface area contributed by atoms with Crippen molar-refractivity contribution in [3.05, 3.63) is 0 Å². The first kappa shape index (κ1) is 10.4. The molecule has 0 spiro atoms. The Morgan fingerprint density at radius 2 is 1.92 bits per heavy atom. The Hall–Kier alpha value is 0.310. The molecule has 0 aliphatic heterocycles. The van der Waals surface area contributed by atoms with Gasteiger partial charge < -0.3 is 4.90 Å². The first-order chi connectivity index (χ1) is 5.72. The van der Waals surface area contributed by atoms with E-state index in [4.69, 9.17) is 0 Å². The van der Waals surface area contributed by atoms with Gasteiger partial charge in [-0.2, -0.15) is 12.6 Å². The van der Waals surface area contributed by atoms with Crippen LogP contribution in [0.25, 0.3) is 0 Å². The van der Waals surface area contributed by atoms with Crippen molar-refractivity contribution in [3.8, 4) is 0 Å². The maximum atomic E-state index is 4.49. The minimum Gasteiger partial charge on any atom is -0.306 e. The van der Waals surface area contributed by atoms with E-state index in [0.717, 1.165) is 12.3 Å². The maximum Gasteiger partial charge on any atom is 0.00426 e. The van der Waals surface area contributed by atoms with Crippen LogP contribution in [0.5, 0.6) is 0 Å². The molecule has 0 N–H and O–H groups in total. The summed E-state index contributed by atoms with van der Waals surface area (Å²) in [5, 5.41) is 0. The number of hydrogen-bond donors (Lipinski definition) is 1. The van der Waals surface area contributed by atoms with E-state index in [2.05, 4.69) is 31.5 Å². The minimum absolute atomic E-state index is 0.549. The summed E-state index contributed by atoms with van der Waals surface area (Å²) in [5.41, 5.74) is 0.549. The average Bonchev–Trinajstić information content (AvgIpc) is 2.54. The monoisotopic (exact) mass is 187 g/mol. The van der Waals surface area contributed by atoms with Crippen LogP contribution in [-0.4, -0.2) is 30.8 Å². The van der Waals surface area contributed by atoms with Gasteiger partial charge in [-0.25, -0.2) is 0 Å². The van der Waals surface area contributed by atoms with Gasteiger partial charge in [0.05, 0.1) is 0 Å². The third-order valence-electron chi connectivity index (χ3n) is 3.14. The van der Waals surface area contributed by atoms with Crippen molar-refractivity contribution in [2.75, 3.05) is 25.9 Å². The zero-order valence-corrected chi connectivity index (χ0v) is 9.24. The highest BCUT2D eigenvalue weighted by atomic mass is 32.1. The largest absolute Gasteiger partial charge is 0.306 e. The lowest BCUT2D eigenvalue weighted by atomic mass is 9.88. The van der Waals surface area contributed by atoms with Crippen molar-refractivity contribution < 1.29 is 0 Å². The second kappa shape index (κ2) is 4.52. The maximum absolute atomic E-state index is 4.49. The van der Waals surface area contributed by atoms with Crippen LogP contribution in [0.3, 0.4) is 0 Å². The van der Waals surface area contributed by atoms with E-state index in [1.165, 1.54) is 32.2 Å². The van der Waals surface area contributed by atoms with Crippen LogP contribution < -0.4 is 0 Å². The molecule has 1 fully saturated rings. The standard InChI is InChI=1S/C10H21NS/c1-3-11(2)8-10(9-12)6-4-5-7-10/h12H,3-9H2,1-2H3. The molecule has 1 rings (SSSR count). The molecule has 0 aromatic rings. The summed E-state index contributed by atoms with van der Waals surface area (Å²) in [7, 11) is 2.21. The molecule has 72 valence electrons. The highest BCUT2D eigenvalue weighted by Gasteiger charge is 2.32. The topological polar surface area (TPSA) is 3.24 Å². The van der Waals surface area contributed by atoms with Gasteiger partial charge in [0.25, 0.3) is 0 Å². The normalized spacial score (nSPS) is 22.0. The lowest BCUT2D eigenvalue weighted by Crippen LogP contribution is -2.34. The van der Waals surface area contributed by atoms with Crippen LogP contribution in [-0.2, 0) is 0 Å². The smallest absolute Gasteiger partial charge is 0.00426 e. The van der Waals surface area contributed by atoms with Gasteiger partial charge in [-0.1, -0.05) is 19.8 Å². The average molecular weight is 187 g/mol. The molecule has 0 heterocycles. The fourth-order valence-corrected chi connectivity index (χ4v) is 2.59. The van der Waals surface area contributed by atoms with Crippen molar-refractivity contribution in [2.24, 2.45) is 5.41 Å². The summed E-state index contributed by atoms with van der Waals surface area (Å²) in [5.74, 6) is 1.07. The van der Waals surface area contributed by atoms with E-state index in [9.17, 15) is 0 Å². The van der Waals surface area contributed by atoms with Crippen LogP contribution in [0.15, 0.2) is 0 Å². The molecule has 0 aromatic heterocycles. The Balaban J connectivity index is 2.43. The van der Waals surface area contributed by atoms with Crippen LogP contribution in [0, 0.1) is 5.41 Å². The first-order valence-corrected chi connectivity index (χ1v) is 5.65. The molecule has 12 heavy (non-hydrogen) atoms. The van der Waals surface area contributed by atoms with Crippen LogP contribution >= 0.6 is 12.6 Å². The molecule has 0 bridgehead atoms. The summed E-state index contributed by atoms with van der Waals surface area (Å²) in [6, 6.07) is 0. The zero-order valence-electron chi connectivity index (χ0n) is 8.34. The quantitative estimate of drug-likeness (QED) is 0.662. The molecule has 0 amide bonds. The van der Waals surface area contributed by atoms with Crippen molar-refractivity contribution in [1.29, 1.82) is 0 Å². The van der Waals surface area contributed by atoms with Gasteiger partial charge in [0.2, 0.25) is 0 Å². The lowest BCUT2D eigenvalue weighted by molar-refractivity contribution is 0.208. The summed E-state index contributed by atoms with van der Waals surface area (Å²) in [6.07, 6.45) is 5.61. The van der Waals surface area contributed by atoms with Crippen molar-refractivity contribution in [2.45, 2.75) is 32.6 Å². The van der Waals surface area contributed by atoms with Crippen LogP contribution in [0.4, 0.5) is 0 Å². The predicted octanol–water partition coefficient (Wildman–Crippen LogP) is 2.43. The van der Waals surface area contributed by atoms with E-state index in [1.807, 2.05) is 0 Å². The third kappa shape index (κ3) is 2.40. The molecule has 0 atom stereocenters. The Labute approximate surface area is 81.9 Å². The molecule has 0 aromatic carbocycles. The molecule has 1 aliphatic rings. The zero-order chi connectivity index (χ0) is 9.03. The van der Waals surface area contributed by atoms with Gasteiger partial charge in [-0.3, -0.25) is 0 Å². The minimum atomic E-state index is 0.549. The van der Waals surface area contributed by atoms with Gasteiger partial charge in [-0.05, 0) is 37.6 Å². The second-order valence-electron chi connectivity index (χ2n) is 4.20.